The summed E-state index contributed by atoms with van der Waals surface area (Å²) in [6.07, 6.45) is -2.66. The number of hydrogen-bond donors (Lipinski definition) is 1. The van der Waals surface area contributed by atoms with Gasteiger partial charge in [-0.05, 0) is 86.2 Å². The first kappa shape index (κ1) is 28.4. The molecule has 3 aromatic rings. The lowest BCUT2D eigenvalue weighted by Crippen LogP contribution is -2.14. The molecule has 0 aromatic heterocycles. The molecule has 8 heteroatoms. The Morgan fingerprint density at radius 1 is 1.00 bits per heavy atom. The molecule has 3 aromatic carbocycles. The van der Waals surface area contributed by atoms with Crippen LogP contribution in [0.4, 0.5) is 13.2 Å². The number of rotatable bonds is 12. The van der Waals surface area contributed by atoms with Gasteiger partial charge in [-0.25, -0.2) is 0 Å². The second-order valence-electron chi connectivity index (χ2n) is 8.77. The molecule has 0 radical (unpaired) electrons. The van der Waals surface area contributed by atoms with Crippen LogP contribution in [0.15, 0.2) is 65.6 Å². The number of alkyl halides is 3. The van der Waals surface area contributed by atoms with Gasteiger partial charge in [-0.3, -0.25) is 4.79 Å². The molecule has 0 saturated heterocycles. The van der Waals surface area contributed by atoms with Crippen molar-refractivity contribution in [2.75, 3.05) is 5.75 Å². The van der Waals surface area contributed by atoms with Crippen LogP contribution >= 0.6 is 11.8 Å². The van der Waals surface area contributed by atoms with Gasteiger partial charge in [-0.1, -0.05) is 31.2 Å². The van der Waals surface area contributed by atoms with Crippen LogP contribution < -0.4 is 9.47 Å². The van der Waals surface area contributed by atoms with E-state index >= 15 is 0 Å². The Morgan fingerprint density at radius 2 is 1.76 bits per heavy atom. The molecule has 0 saturated carbocycles. The summed E-state index contributed by atoms with van der Waals surface area (Å²) in [6, 6.07) is 16.5. The highest BCUT2D eigenvalue weighted by atomic mass is 32.2. The summed E-state index contributed by atoms with van der Waals surface area (Å²) in [7, 11) is 0. The molecule has 0 fully saturated rings. The SMILES string of the molecule is CCc1cc(SCC[C@H](C)Oc2ccc(C(F)(F)F)cc2Oc2ccccc2C)ccc1CCC(=O)O. The van der Waals surface area contributed by atoms with Gasteiger partial charge < -0.3 is 14.6 Å². The highest BCUT2D eigenvalue weighted by Gasteiger charge is 2.32. The number of para-hydroxylation sites is 1. The second kappa shape index (κ2) is 12.9. The molecular weight excluding hydrogens is 501 g/mol. The standard InChI is InChI=1S/C29H31F3O4S/c1-4-21-17-24(12-9-22(21)10-14-28(33)34)37-16-15-20(3)35-26-13-11-23(29(30,31)32)18-27(26)36-25-8-6-5-7-19(25)2/h5-9,11-13,17-18,20H,4,10,14-16H2,1-3H3,(H,33,34)/t20-/m0/s1. The number of aliphatic carboxylic acids is 1. The Bertz CT molecular complexity index is 1210. The number of carboxylic acids is 1. The van der Waals surface area contributed by atoms with E-state index in [0.717, 1.165) is 45.9 Å². The lowest BCUT2D eigenvalue weighted by molar-refractivity contribution is -0.138. The van der Waals surface area contributed by atoms with E-state index in [1.807, 2.05) is 45.0 Å². The van der Waals surface area contributed by atoms with E-state index in [1.54, 1.807) is 23.9 Å². The number of thioether (sulfide) groups is 1. The Morgan fingerprint density at radius 3 is 2.43 bits per heavy atom. The first-order chi connectivity index (χ1) is 17.6. The zero-order valence-electron chi connectivity index (χ0n) is 21.1. The van der Waals surface area contributed by atoms with Gasteiger partial charge in [0, 0.05) is 17.1 Å². The van der Waals surface area contributed by atoms with Crippen LogP contribution in [0.2, 0.25) is 0 Å². The van der Waals surface area contributed by atoms with Crippen molar-refractivity contribution < 1.29 is 32.5 Å². The highest BCUT2D eigenvalue weighted by Crippen LogP contribution is 2.39. The molecule has 1 atom stereocenters. The van der Waals surface area contributed by atoms with Crippen LogP contribution in [0.5, 0.6) is 17.2 Å². The maximum absolute atomic E-state index is 13.3. The van der Waals surface area contributed by atoms with Crippen molar-refractivity contribution in [3.8, 4) is 17.2 Å². The Hall–Kier alpha value is -3.13. The molecule has 0 unspecified atom stereocenters. The normalized spacial score (nSPS) is 12.3. The smallest absolute Gasteiger partial charge is 0.416 e. The fourth-order valence-corrected chi connectivity index (χ4v) is 4.85. The number of hydrogen-bond acceptors (Lipinski definition) is 4. The third kappa shape index (κ3) is 8.45. The van der Waals surface area contributed by atoms with Crippen molar-refractivity contribution in [1.29, 1.82) is 0 Å². The molecular formula is C29H31F3O4S. The minimum absolute atomic E-state index is 0.0214. The molecule has 0 amide bonds. The number of ether oxygens (including phenoxy) is 2. The van der Waals surface area contributed by atoms with E-state index in [4.69, 9.17) is 14.6 Å². The summed E-state index contributed by atoms with van der Waals surface area (Å²) in [6.45, 7) is 5.75. The number of carbonyl (C=O) groups is 1. The first-order valence-corrected chi connectivity index (χ1v) is 13.1. The molecule has 0 aliphatic heterocycles. The largest absolute Gasteiger partial charge is 0.487 e. The fraction of sp³-hybridized carbons (Fsp3) is 0.345. The Balaban J connectivity index is 1.65. The summed E-state index contributed by atoms with van der Waals surface area (Å²) in [5, 5.41) is 8.95. The van der Waals surface area contributed by atoms with Gasteiger partial charge in [-0.2, -0.15) is 13.2 Å². The predicted octanol–water partition coefficient (Wildman–Crippen LogP) is 8.34. The summed E-state index contributed by atoms with van der Waals surface area (Å²) in [4.78, 5) is 12.0. The lowest BCUT2D eigenvalue weighted by Gasteiger charge is -2.19. The molecule has 0 aliphatic carbocycles. The average molecular weight is 533 g/mol. The maximum atomic E-state index is 13.3. The number of aryl methyl sites for hydroxylation is 3. The molecule has 0 spiro atoms. The van der Waals surface area contributed by atoms with Gasteiger partial charge in [0.05, 0.1) is 11.7 Å². The minimum Gasteiger partial charge on any atom is -0.487 e. The number of carboxylic acid groups (broad SMARTS) is 1. The molecule has 0 bridgehead atoms. The minimum atomic E-state index is -4.49. The van der Waals surface area contributed by atoms with Crippen molar-refractivity contribution in [3.63, 3.8) is 0 Å². The zero-order chi connectivity index (χ0) is 27.0. The molecule has 1 N–H and O–H groups in total. The average Bonchev–Trinajstić information content (AvgIpc) is 2.84. The first-order valence-electron chi connectivity index (χ1n) is 12.1. The lowest BCUT2D eigenvalue weighted by atomic mass is 10.0. The van der Waals surface area contributed by atoms with Crippen molar-refractivity contribution in [2.24, 2.45) is 0 Å². The van der Waals surface area contributed by atoms with Crippen molar-refractivity contribution >= 4 is 17.7 Å². The quantitative estimate of drug-likeness (QED) is 0.238. The van der Waals surface area contributed by atoms with Crippen LogP contribution in [-0.4, -0.2) is 22.9 Å². The van der Waals surface area contributed by atoms with Crippen LogP contribution in [0, 0.1) is 6.92 Å². The van der Waals surface area contributed by atoms with E-state index in [9.17, 15) is 18.0 Å². The number of halogens is 3. The van der Waals surface area contributed by atoms with Gasteiger partial charge >= 0.3 is 12.1 Å². The van der Waals surface area contributed by atoms with Crippen molar-refractivity contribution in [3.05, 3.63) is 82.9 Å². The second-order valence-corrected chi connectivity index (χ2v) is 9.94. The van der Waals surface area contributed by atoms with Crippen LogP contribution in [0.1, 0.15) is 48.9 Å². The van der Waals surface area contributed by atoms with Crippen molar-refractivity contribution in [2.45, 2.75) is 63.6 Å². The molecule has 4 nitrogen and oxygen atoms in total. The third-order valence-corrected chi connectivity index (χ3v) is 6.90. The van der Waals surface area contributed by atoms with Crippen LogP contribution in [0.25, 0.3) is 0 Å². The molecule has 0 aliphatic rings. The zero-order valence-corrected chi connectivity index (χ0v) is 21.9. The molecule has 3 rings (SSSR count). The molecule has 198 valence electrons. The van der Waals surface area contributed by atoms with E-state index in [1.165, 1.54) is 6.07 Å². The molecule has 37 heavy (non-hydrogen) atoms. The Kier molecular flexibility index (Phi) is 9.92. The van der Waals surface area contributed by atoms with E-state index in [0.29, 0.717) is 18.6 Å². The maximum Gasteiger partial charge on any atom is 0.416 e. The monoisotopic (exact) mass is 532 g/mol. The summed E-state index contributed by atoms with van der Waals surface area (Å²) < 4.78 is 51.9. The van der Waals surface area contributed by atoms with Gasteiger partial charge in [0.2, 0.25) is 0 Å². The fourth-order valence-electron chi connectivity index (χ4n) is 3.78. The van der Waals surface area contributed by atoms with Crippen LogP contribution in [0.3, 0.4) is 0 Å². The van der Waals surface area contributed by atoms with Crippen LogP contribution in [-0.2, 0) is 23.8 Å². The molecule has 0 heterocycles. The van der Waals surface area contributed by atoms with Crippen molar-refractivity contribution in [1.82, 2.24) is 0 Å². The van der Waals surface area contributed by atoms with E-state index < -0.39 is 17.7 Å². The Labute approximate surface area is 219 Å². The topological polar surface area (TPSA) is 55.8 Å². The summed E-state index contributed by atoms with van der Waals surface area (Å²) in [5.74, 6) is 0.675. The highest BCUT2D eigenvalue weighted by molar-refractivity contribution is 7.99. The van der Waals surface area contributed by atoms with Gasteiger partial charge in [0.25, 0.3) is 0 Å². The number of benzene rings is 3. The summed E-state index contributed by atoms with van der Waals surface area (Å²) >= 11 is 1.66. The van der Waals surface area contributed by atoms with Gasteiger partial charge in [-0.15, -0.1) is 11.8 Å². The van der Waals surface area contributed by atoms with Gasteiger partial charge in [0.1, 0.15) is 5.75 Å². The third-order valence-electron chi connectivity index (χ3n) is 5.87. The summed E-state index contributed by atoms with van der Waals surface area (Å²) in [5.41, 5.74) is 2.19. The van der Waals surface area contributed by atoms with E-state index in [2.05, 4.69) is 6.07 Å². The van der Waals surface area contributed by atoms with E-state index in [-0.39, 0.29) is 24.0 Å². The predicted molar refractivity (Wildman–Crippen MR) is 140 cm³/mol. The van der Waals surface area contributed by atoms with Gasteiger partial charge in [0.15, 0.2) is 11.5 Å².